The van der Waals surface area contributed by atoms with Crippen LogP contribution in [0.2, 0.25) is 0 Å². The largest absolute Gasteiger partial charge is 0.294 e. The van der Waals surface area contributed by atoms with Crippen molar-refractivity contribution in [1.29, 1.82) is 0 Å². The number of hydrogen-bond acceptors (Lipinski definition) is 1. The Morgan fingerprint density at radius 3 is 2.53 bits per heavy atom. The van der Waals surface area contributed by atoms with Gasteiger partial charge in [0.1, 0.15) is 0 Å². The number of benzene rings is 2. The molecule has 2 rings (SSSR count). The van der Waals surface area contributed by atoms with E-state index in [-0.39, 0.29) is 12.3 Å². The van der Waals surface area contributed by atoms with Gasteiger partial charge in [0, 0.05) is 18.5 Å². The molecule has 2 heteroatoms. The third-order valence-electron chi connectivity index (χ3n) is 2.42. The second-order valence-electron chi connectivity index (χ2n) is 3.49. The molecule has 1 N–H and O–H groups in total. The van der Waals surface area contributed by atoms with E-state index in [1.807, 2.05) is 42.5 Å². The first kappa shape index (κ1) is 9.87. The molecule has 0 aromatic heterocycles. The monoisotopic (exact) mass is 198 g/mol. The second kappa shape index (κ2) is 4.24. The van der Waals surface area contributed by atoms with E-state index in [4.69, 9.17) is 5.73 Å². The molecule has 0 atom stereocenters. The van der Waals surface area contributed by atoms with Gasteiger partial charge in [-0.2, -0.15) is 0 Å². The van der Waals surface area contributed by atoms with Crippen molar-refractivity contribution in [2.45, 2.75) is 6.42 Å². The number of carbonyl (C=O) groups excluding carboxylic acids is 1. The molecule has 0 bridgehead atoms. The zero-order valence-corrected chi connectivity index (χ0v) is 8.36. The molecule has 0 spiro atoms. The molecular weight excluding hydrogens is 186 g/mol. The smallest absolute Gasteiger partial charge is 0.164 e. The molecule has 0 amide bonds. The van der Waals surface area contributed by atoms with Crippen molar-refractivity contribution in [3.05, 3.63) is 48.0 Å². The van der Waals surface area contributed by atoms with Crippen LogP contribution in [0.5, 0.6) is 0 Å². The van der Waals surface area contributed by atoms with Crippen molar-refractivity contribution in [2.75, 3.05) is 6.54 Å². The summed E-state index contributed by atoms with van der Waals surface area (Å²) in [6.45, 7) is 0.158. The standard InChI is InChI=1S/C13H12NO/c14-8-7-13(15)12-6-5-10-3-1-2-4-11(10)9-12/h1-6,9,14H,7-8H2. The summed E-state index contributed by atoms with van der Waals surface area (Å²) in [5.41, 5.74) is 7.73. The molecule has 0 aliphatic rings. The first-order valence-electron chi connectivity index (χ1n) is 4.98. The summed E-state index contributed by atoms with van der Waals surface area (Å²) in [4.78, 5) is 11.6. The third kappa shape index (κ3) is 2.05. The SMILES string of the molecule is [NH]CCC(=O)c1ccc2ccccc2c1. The van der Waals surface area contributed by atoms with Gasteiger partial charge in [-0.1, -0.05) is 36.4 Å². The Balaban J connectivity index is 2.42. The zero-order valence-electron chi connectivity index (χ0n) is 8.36. The van der Waals surface area contributed by atoms with Crippen molar-refractivity contribution >= 4 is 16.6 Å². The average Bonchev–Trinajstić information content (AvgIpc) is 2.29. The van der Waals surface area contributed by atoms with E-state index in [1.54, 1.807) is 0 Å². The van der Waals surface area contributed by atoms with Crippen LogP contribution in [0, 0.1) is 0 Å². The number of fused-ring (bicyclic) bond motifs is 1. The quantitative estimate of drug-likeness (QED) is 0.699. The van der Waals surface area contributed by atoms with Crippen LogP contribution in [-0.4, -0.2) is 12.3 Å². The number of Topliss-reactive ketones (excluding diaryl/α,β-unsaturated/α-hetero) is 1. The second-order valence-corrected chi connectivity index (χ2v) is 3.49. The summed E-state index contributed by atoms with van der Waals surface area (Å²) in [6.07, 6.45) is 0.304. The maximum Gasteiger partial charge on any atom is 0.164 e. The minimum atomic E-state index is 0.0516. The molecule has 75 valence electrons. The first-order chi connectivity index (χ1) is 7.31. The molecule has 0 saturated heterocycles. The van der Waals surface area contributed by atoms with Crippen LogP contribution in [0.15, 0.2) is 42.5 Å². The highest BCUT2D eigenvalue weighted by Crippen LogP contribution is 2.16. The van der Waals surface area contributed by atoms with Crippen molar-refractivity contribution in [3.8, 4) is 0 Å². The summed E-state index contributed by atoms with van der Waals surface area (Å²) in [6, 6.07) is 13.6. The minimum absolute atomic E-state index is 0.0516. The summed E-state index contributed by atoms with van der Waals surface area (Å²) < 4.78 is 0. The van der Waals surface area contributed by atoms with Gasteiger partial charge in [0.25, 0.3) is 0 Å². The van der Waals surface area contributed by atoms with E-state index in [2.05, 4.69) is 0 Å². The summed E-state index contributed by atoms with van der Waals surface area (Å²) in [5, 5.41) is 2.22. The van der Waals surface area contributed by atoms with Crippen LogP contribution >= 0.6 is 0 Å². The fraction of sp³-hybridized carbons (Fsp3) is 0.154. The van der Waals surface area contributed by atoms with Gasteiger partial charge in [0.2, 0.25) is 0 Å². The Morgan fingerprint density at radius 1 is 1.07 bits per heavy atom. The van der Waals surface area contributed by atoms with E-state index >= 15 is 0 Å². The van der Waals surface area contributed by atoms with Gasteiger partial charge in [0.15, 0.2) is 5.78 Å². The van der Waals surface area contributed by atoms with Crippen LogP contribution in [0.4, 0.5) is 0 Å². The topological polar surface area (TPSA) is 40.9 Å². The van der Waals surface area contributed by atoms with Crippen molar-refractivity contribution in [2.24, 2.45) is 0 Å². The summed E-state index contributed by atoms with van der Waals surface area (Å²) in [5.74, 6) is 0.0516. The van der Waals surface area contributed by atoms with E-state index < -0.39 is 0 Å². The van der Waals surface area contributed by atoms with Gasteiger partial charge in [-0.15, -0.1) is 0 Å². The van der Waals surface area contributed by atoms with Crippen molar-refractivity contribution in [1.82, 2.24) is 5.73 Å². The molecule has 0 unspecified atom stereocenters. The number of hydrogen-bond donors (Lipinski definition) is 0. The molecular formula is C13H12NO. The highest BCUT2D eigenvalue weighted by Gasteiger charge is 2.04. The molecule has 0 aliphatic carbocycles. The lowest BCUT2D eigenvalue weighted by Gasteiger charge is -2.01. The van der Waals surface area contributed by atoms with Gasteiger partial charge in [0.05, 0.1) is 0 Å². The van der Waals surface area contributed by atoms with Gasteiger partial charge in [-0.3, -0.25) is 10.5 Å². The zero-order chi connectivity index (χ0) is 10.7. The van der Waals surface area contributed by atoms with Crippen LogP contribution in [0.25, 0.3) is 10.8 Å². The maximum absolute atomic E-state index is 11.6. The van der Waals surface area contributed by atoms with Crippen LogP contribution < -0.4 is 5.73 Å². The minimum Gasteiger partial charge on any atom is -0.294 e. The molecule has 2 aromatic rings. The lowest BCUT2D eigenvalue weighted by Crippen LogP contribution is -2.02. The number of nitrogens with one attached hydrogen (secondary N) is 1. The van der Waals surface area contributed by atoms with Gasteiger partial charge < -0.3 is 0 Å². The fourth-order valence-corrected chi connectivity index (χ4v) is 1.62. The van der Waals surface area contributed by atoms with Gasteiger partial charge >= 0.3 is 0 Å². The van der Waals surface area contributed by atoms with E-state index in [9.17, 15) is 4.79 Å². The normalized spacial score (nSPS) is 10.5. The van der Waals surface area contributed by atoms with Gasteiger partial charge in [-0.25, -0.2) is 0 Å². The fourth-order valence-electron chi connectivity index (χ4n) is 1.62. The van der Waals surface area contributed by atoms with Gasteiger partial charge in [-0.05, 0) is 16.8 Å². The number of rotatable bonds is 3. The van der Waals surface area contributed by atoms with Crippen LogP contribution in [0.1, 0.15) is 16.8 Å². The molecule has 2 nitrogen and oxygen atoms in total. The highest BCUT2D eigenvalue weighted by atomic mass is 16.1. The summed E-state index contributed by atoms with van der Waals surface area (Å²) >= 11 is 0. The lowest BCUT2D eigenvalue weighted by atomic mass is 10.0. The predicted molar refractivity (Wildman–Crippen MR) is 60.9 cm³/mol. The molecule has 2 aromatic carbocycles. The summed E-state index contributed by atoms with van der Waals surface area (Å²) in [7, 11) is 0. The maximum atomic E-state index is 11.6. The van der Waals surface area contributed by atoms with Crippen molar-refractivity contribution < 1.29 is 4.79 Å². The van der Waals surface area contributed by atoms with Crippen molar-refractivity contribution in [3.63, 3.8) is 0 Å². The van der Waals surface area contributed by atoms with E-state index in [0.717, 1.165) is 10.8 Å². The first-order valence-corrected chi connectivity index (χ1v) is 4.98. The predicted octanol–water partition coefficient (Wildman–Crippen LogP) is 2.70. The molecule has 0 heterocycles. The average molecular weight is 198 g/mol. The molecule has 0 fully saturated rings. The molecule has 0 aliphatic heterocycles. The Kier molecular flexibility index (Phi) is 2.79. The molecule has 0 saturated carbocycles. The highest BCUT2D eigenvalue weighted by molar-refractivity contribution is 5.99. The molecule has 1 radical (unpaired) electrons. The van der Waals surface area contributed by atoms with Crippen LogP contribution in [-0.2, 0) is 0 Å². The van der Waals surface area contributed by atoms with E-state index in [1.165, 1.54) is 0 Å². The Bertz CT molecular complexity index is 491. The molecule has 15 heavy (non-hydrogen) atoms. The number of carbonyl (C=O) groups is 1. The van der Waals surface area contributed by atoms with Crippen LogP contribution in [0.3, 0.4) is 0 Å². The Hall–Kier alpha value is -1.67. The third-order valence-corrected chi connectivity index (χ3v) is 2.42. The van der Waals surface area contributed by atoms with E-state index in [0.29, 0.717) is 12.0 Å². The Labute approximate surface area is 88.7 Å². The Morgan fingerprint density at radius 2 is 1.80 bits per heavy atom. The number of ketones is 1. The lowest BCUT2D eigenvalue weighted by molar-refractivity contribution is 0.0985.